The van der Waals surface area contributed by atoms with Crippen molar-refractivity contribution in [3.05, 3.63) is 104 Å². The van der Waals surface area contributed by atoms with Gasteiger partial charge in [-0.3, -0.25) is 33.6 Å². The lowest BCUT2D eigenvalue weighted by molar-refractivity contribution is -0.144. The van der Waals surface area contributed by atoms with Crippen molar-refractivity contribution in [2.24, 2.45) is 10.4 Å². The van der Waals surface area contributed by atoms with Crippen molar-refractivity contribution in [3.8, 4) is 15.4 Å². The van der Waals surface area contributed by atoms with Gasteiger partial charge in [-0.25, -0.2) is 4.98 Å². The maximum absolute atomic E-state index is 14.3. The fraction of sp³-hybridized carbons (Fsp3) is 0.509. The van der Waals surface area contributed by atoms with E-state index in [0.717, 1.165) is 62.2 Å². The molecule has 0 radical (unpaired) electrons. The van der Waals surface area contributed by atoms with Crippen LogP contribution in [0.2, 0.25) is 5.02 Å². The lowest BCUT2D eigenvalue weighted by Crippen LogP contribution is -2.59. The van der Waals surface area contributed by atoms with Gasteiger partial charge >= 0.3 is 0 Å². The number of thiazole rings is 1. The molecule has 2 aromatic carbocycles. The maximum atomic E-state index is 14.3. The van der Waals surface area contributed by atoms with Gasteiger partial charge in [-0.05, 0) is 87.6 Å². The molecule has 4 aliphatic rings. The van der Waals surface area contributed by atoms with Gasteiger partial charge in [-0.15, -0.1) is 32.9 Å². The van der Waals surface area contributed by atoms with Crippen LogP contribution < -0.4 is 16.0 Å². The highest BCUT2D eigenvalue weighted by Crippen LogP contribution is 2.40. The molecule has 5 atom stereocenters. The van der Waals surface area contributed by atoms with E-state index < -0.39 is 47.5 Å². The van der Waals surface area contributed by atoms with Gasteiger partial charge in [0.1, 0.15) is 29.0 Å². The molecule has 3 fully saturated rings. The summed E-state index contributed by atoms with van der Waals surface area (Å²) in [6.45, 7) is 14.6. The van der Waals surface area contributed by atoms with Crippen molar-refractivity contribution in [1.82, 2.24) is 45.5 Å². The zero-order valence-electron chi connectivity index (χ0n) is 42.4. The molecule has 3 aliphatic heterocycles. The van der Waals surface area contributed by atoms with Gasteiger partial charge in [0.15, 0.2) is 5.82 Å². The number of hydrogen-bond donors (Lipinski definition) is 5. The molecule has 388 valence electrons. The predicted molar refractivity (Wildman–Crippen MR) is 281 cm³/mol. The van der Waals surface area contributed by atoms with Crippen LogP contribution in [-0.2, 0) is 23.9 Å². The van der Waals surface area contributed by atoms with E-state index in [4.69, 9.17) is 21.3 Å². The Morgan fingerprint density at radius 2 is 1.60 bits per heavy atom. The Morgan fingerprint density at radius 1 is 0.904 bits per heavy atom. The summed E-state index contributed by atoms with van der Waals surface area (Å²) in [6.07, 6.45) is 2.10. The number of carbonyl (C=O) groups excluding carboxylic acids is 4. The Hall–Kier alpha value is -5.41. The van der Waals surface area contributed by atoms with Crippen LogP contribution in [0.1, 0.15) is 116 Å². The first-order valence-corrected chi connectivity index (χ1v) is 27.2. The van der Waals surface area contributed by atoms with E-state index in [2.05, 4.69) is 49.9 Å². The van der Waals surface area contributed by atoms with Crippen molar-refractivity contribution in [1.29, 1.82) is 0 Å². The van der Waals surface area contributed by atoms with Gasteiger partial charge in [0.2, 0.25) is 23.6 Å². The highest BCUT2D eigenvalue weighted by atomic mass is 35.5. The van der Waals surface area contributed by atoms with Crippen LogP contribution in [0.4, 0.5) is 0 Å². The summed E-state index contributed by atoms with van der Waals surface area (Å²) in [5, 5.41) is 40.7. The first kappa shape index (κ1) is 52.5. The minimum atomic E-state index is -0.993. The molecule has 1 aliphatic carbocycles. The molecule has 2 saturated heterocycles. The van der Waals surface area contributed by atoms with Crippen molar-refractivity contribution in [2.75, 3.05) is 32.8 Å². The quantitative estimate of drug-likeness (QED) is 0.0809. The SMILES string of the molecule is Cc1ncsc1-c1ccc([C@H](CO)NC(=O)[C@@H]2C[C@@H](O)CN2C(=O)[C@@H](NC(=O)CN2CCC(OC3CC(NC(=O)C[C@@H]4N=C(c5ccc(Cl)cc5)c5c(sc(C)c5C)-n5c(C)nnc54)C3)CC2)C(C)(C)C)cc1. The zero-order chi connectivity index (χ0) is 51.9. The monoisotopic (exact) mass is 1050 g/mol. The number of aliphatic hydroxyl groups excluding tert-OH is 2. The molecule has 17 nitrogen and oxygen atoms in total. The number of aromatic nitrogens is 4. The minimum absolute atomic E-state index is 0.0130. The van der Waals surface area contributed by atoms with Crippen molar-refractivity contribution < 1.29 is 34.1 Å². The molecule has 3 aromatic heterocycles. The summed E-state index contributed by atoms with van der Waals surface area (Å²) >= 11 is 9.48. The molecule has 0 bridgehead atoms. The highest BCUT2D eigenvalue weighted by Gasteiger charge is 2.45. The number of aliphatic imine (C=N–C) groups is 1. The van der Waals surface area contributed by atoms with Crippen LogP contribution in [0.15, 0.2) is 59.0 Å². The van der Waals surface area contributed by atoms with Crippen molar-refractivity contribution in [2.45, 2.75) is 136 Å². The van der Waals surface area contributed by atoms with E-state index in [-0.39, 0.29) is 62.6 Å². The van der Waals surface area contributed by atoms with Crippen molar-refractivity contribution in [3.63, 3.8) is 0 Å². The summed E-state index contributed by atoms with van der Waals surface area (Å²) in [5.41, 5.74) is 7.53. The molecule has 5 N–H and O–H groups in total. The lowest BCUT2D eigenvalue weighted by atomic mass is 9.85. The van der Waals surface area contributed by atoms with Crippen LogP contribution in [0, 0.1) is 33.1 Å². The van der Waals surface area contributed by atoms with E-state index in [1.165, 1.54) is 21.1 Å². The number of amides is 4. The lowest BCUT2D eigenvalue weighted by Gasteiger charge is -2.40. The third kappa shape index (κ3) is 11.5. The molecule has 4 amide bonds. The molecule has 20 heteroatoms. The molecule has 6 heterocycles. The molecular weight excluding hydrogens is 988 g/mol. The Balaban J connectivity index is 0.740. The molecule has 0 spiro atoms. The predicted octanol–water partition coefficient (Wildman–Crippen LogP) is 6.09. The highest BCUT2D eigenvalue weighted by molar-refractivity contribution is 7.15. The number of ether oxygens (including phenoxy) is 1. The third-order valence-corrected chi connectivity index (χ3v) is 17.0. The van der Waals surface area contributed by atoms with Gasteiger partial charge in [0, 0.05) is 53.1 Å². The third-order valence-electron chi connectivity index (χ3n) is 14.6. The van der Waals surface area contributed by atoms with Crippen LogP contribution >= 0.6 is 34.3 Å². The number of hydrogen-bond acceptors (Lipinski definition) is 14. The number of nitrogens with zero attached hydrogens (tertiary/aromatic N) is 7. The number of aryl methyl sites for hydroxylation is 3. The Morgan fingerprint density at radius 3 is 2.26 bits per heavy atom. The van der Waals surface area contributed by atoms with Crippen LogP contribution in [-0.4, -0.2) is 138 Å². The number of β-amino-alcohol motifs (C(OH)–C–C–N with tert-alkyl or cyclic N) is 1. The number of nitrogens with one attached hydrogen (secondary N) is 3. The first-order chi connectivity index (χ1) is 34.8. The van der Waals surface area contributed by atoms with E-state index in [9.17, 15) is 29.4 Å². The van der Waals surface area contributed by atoms with Gasteiger partial charge in [-0.2, -0.15) is 0 Å². The molecular formula is C53H65ClN10O7S2. The van der Waals surface area contributed by atoms with Crippen molar-refractivity contribution >= 4 is 63.6 Å². The molecule has 1 saturated carbocycles. The van der Waals surface area contributed by atoms with Gasteiger partial charge < -0.3 is 35.8 Å². The Kier molecular flexibility index (Phi) is 15.7. The number of carbonyl (C=O) groups is 4. The smallest absolute Gasteiger partial charge is 0.246 e. The molecule has 9 rings (SSSR count). The van der Waals surface area contributed by atoms with Crippen LogP contribution in [0.5, 0.6) is 0 Å². The summed E-state index contributed by atoms with van der Waals surface area (Å²) in [4.78, 5) is 70.7. The van der Waals surface area contributed by atoms with Gasteiger partial charge in [0.05, 0.1) is 65.7 Å². The first-order valence-electron chi connectivity index (χ1n) is 25.1. The standard InChI is InChI=1S/C53H65ClN10O7S2/c1-28-30(3)73-52-45(28)46(33-12-14-35(54)15-13-33)57-40(49-61-60-31(4)64(49)52)23-43(67)56-36-20-39(21-36)71-38-16-18-62(19-17-38)25-44(68)59-48(53(5,6)7)51(70)63-24-37(66)22-42(63)50(69)58-41(26-65)32-8-10-34(11-9-32)47-29(2)55-27-72-47/h8-15,27,36-42,48,65-66H,16-26H2,1-7H3,(H,56,67)(H,58,69)(H,59,68)/t36?,37-,39?,40+,41+,42+,48-/m1/s1. The van der Waals surface area contributed by atoms with E-state index >= 15 is 0 Å². The largest absolute Gasteiger partial charge is 0.394 e. The van der Waals surface area contributed by atoms with E-state index in [1.54, 1.807) is 16.8 Å². The van der Waals surface area contributed by atoms with E-state index in [1.807, 2.05) is 87.7 Å². The fourth-order valence-electron chi connectivity index (χ4n) is 10.3. The number of rotatable bonds is 15. The average Bonchev–Trinajstić information content (AvgIpc) is 4.11. The Labute approximate surface area is 438 Å². The fourth-order valence-corrected chi connectivity index (χ4v) is 12.5. The van der Waals surface area contributed by atoms with Crippen LogP contribution in [0.25, 0.3) is 15.4 Å². The summed E-state index contributed by atoms with van der Waals surface area (Å²) in [7, 11) is 0. The summed E-state index contributed by atoms with van der Waals surface area (Å²) in [5.74, 6) is -0.00152. The molecule has 5 aromatic rings. The van der Waals surface area contributed by atoms with Gasteiger partial charge in [-0.1, -0.05) is 68.8 Å². The maximum Gasteiger partial charge on any atom is 0.246 e. The second-order valence-corrected chi connectivity index (χ2v) is 23.5. The summed E-state index contributed by atoms with van der Waals surface area (Å²) < 4.78 is 8.54. The number of fused-ring (bicyclic) bond motifs is 3. The number of benzene rings is 2. The molecule has 0 unspecified atom stereocenters. The van der Waals surface area contributed by atoms with Crippen LogP contribution in [0.3, 0.4) is 0 Å². The summed E-state index contributed by atoms with van der Waals surface area (Å²) in [6, 6.07) is 11.9. The topological polar surface area (TPSA) is 216 Å². The second kappa shape index (κ2) is 21.8. The normalized spacial score (nSPS) is 22.1. The number of aliphatic hydroxyl groups is 2. The number of thiophene rings is 1. The number of likely N-dealkylation sites (tertiary alicyclic amines) is 2. The number of piperidine rings is 1. The van der Waals surface area contributed by atoms with Gasteiger partial charge in [0.25, 0.3) is 0 Å². The Bertz CT molecular complexity index is 2860. The van der Waals surface area contributed by atoms with E-state index in [0.29, 0.717) is 42.3 Å². The minimum Gasteiger partial charge on any atom is -0.394 e. The number of halogens is 1. The second-order valence-electron chi connectivity index (χ2n) is 21.0. The average molecular weight is 1050 g/mol. The zero-order valence-corrected chi connectivity index (χ0v) is 44.7. The molecule has 73 heavy (non-hydrogen) atoms.